The summed E-state index contributed by atoms with van der Waals surface area (Å²) in [5, 5.41) is 1.83. The summed E-state index contributed by atoms with van der Waals surface area (Å²) in [6.45, 7) is 0. The van der Waals surface area contributed by atoms with Crippen molar-refractivity contribution in [3.05, 3.63) is 35.2 Å². The fourth-order valence-corrected chi connectivity index (χ4v) is 3.09. The number of benzene rings is 1. The van der Waals surface area contributed by atoms with E-state index in [4.69, 9.17) is 16.6 Å². The van der Waals surface area contributed by atoms with Gasteiger partial charge in [0.15, 0.2) is 0 Å². The molecular weight excluding hydrogens is 258 g/mol. The van der Waals surface area contributed by atoms with Crippen LogP contribution in [0.25, 0.3) is 21.9 Å². The van der Waals surface area contributed by atoms with Gasteiger partial charge in [0.05, 0.1) is 17.2 Å². The van der Waals surface area contributed by atoms with E-state index in [1.54, 1.807) is 0 Å². The summed E-state index contributed by atoms with van der Waals surface area (Å²) in [5.41, 5.74) is 3.09. The predicted octanol–water partition coefficient (Wildman–Crippen LogP) is 4.04. The quantitative estimate of drug-likeness (QED) is 0.669. The van der Waals surface area contributed by atoms with Gasteiger partial charge in [0, 0.05) is 23.4 Å². The van der Waals surface area contributed by atoms with Gasteiger partial charge in [-0.15, -0.1) is 0 Å². The molecule has 96 valence electrons. The minimum absolute atomic E-state index is 0.617. The first kappa shape index (κ1) is 11.2. The molecule has 0 N–H and O–H groups in total. The van der Waals surface area contributed by atoms with Gasteiger partial charge >= 0.3 is 0 Å². The lowest BCUT2D eigenvalue weighted by atomic mass is 9.85. The molecule has 0 aliphatic heterocycles. The smallest absolute Gasteiger partial charge is 0.112 e. The van der Waals surface area contributed by atoms with Gasteiger partial charge < -0.3 is 4.57 Å². The molecule has 2 aromatic heterocycles. The lowest BCUT2D eigenvalue weighted by molar-refractivity contribution is 0.395. The number of rotatable bonds is 1. The van der Waals surface area contributed by atoms with Crippen molar-refractivity contribution in [3.63, 3.8) is 0 Å². The molecule has 0 spiro atoms. The van der Waals surface area contributed by atoms with Crippen LogP contribution in [0.4, 0.5) is 0 Å². The molecule has 2 heterocycles. The highest BCUT2D eigenvalue weighted by atomic mass is 35.5. The molecule has 0 bridgehead atoms. The summed E-state index contributed by atoms with van der Waals surface area (Å²) in [5.74, 6) is 1.81. The highest BCUT2D eigenvalue weighted by molar-refractivity contribution is 6.31. The molecule has 1 fully saturated rings. The van der Waals surface area contributed by atoms with E-state index in [2.05, 4.69) is 16.6 Å². The molecule has 1 saturated carbocycles. The molecule has 1 aliphatic carbocycles. The second-order valence-corrected chi connectivity index (χ2v) is 5.75. The average molecular weight is 272 g/mol. The molecule has 3 nitrogen and oxygen atoms in total. The molecule has 0 atom stereocenters. The van der Waals surface area contributed by atoms with E-state index in [1.807, 2.05) is 24.4 Å². The normalized spacial score (nSPS) is 16.1. The number of pyridine rings is 1. The van der Waals surface area contributed by atoms with Crippen LogP contribution in [0.5, 0.6) is 0 Å². The van der Waals surface area contributed by atoms with E-state index in [0.29, 0.717) is 5.92 Å². The van der Waals surface area contributed by atoms with Crippen LogP contribution in [0.1, 0.15) is 31.0 Å². The topological polar surface area (TPSA) is 30.7 Å². The van der Waals surface area contributed by atoms with Crippen LogP contribution in [0, 0.1) is 0 Å². The van der Waals surface area contributed by atoms with Crippen molar-refractivity contribution in [2.24, 2.45) is 7.05 Å². The maximum atomic E-state index is 6.12. The summed E-state index contributed by atoms with van der Waals surface area (Å²) >= 11 is 6.12. The molecule has 4 heteroatoms. The van der Waals surface area contributed by atoms with E-state index >= 15 is 0 Å². The van der Waals surface area contributed by atoms with Gasteiger partial charge in [0.1, 0.15) is 11.3 Å². The number of aryl methyl sites for hydroxylation is 1. The Labute approximate surface area is 116 Å². The first-order valence-corrected chi connectivity index (χ1v) is 7.02. The van der Waals surface area contributed by atoms with Crippen molar-refractivity contribution in [1.82, 2.24) is 14.5 Å². The molecule has 1 aromatic carbocycles. The maximum absolute atomic E-state index is 6.12. The van der Waals surface area contributed by atoms with Crippen molar-refractivity contribution in [2.45, 2.75) is 25.2 Å². The minimum atomic E-state index is 0.617. The third kappa shape index (κ3) is 1.58. The van der Waals surface area contributed by atoms with Crippen molar-refractivity contribution in [3.8, 4) is 0 Å². The van der Waals surface area contributed by atoms with Crippen LogP contribution in [0.2, 0.25) is 5.02 Å². The van der Waals surface area contributed by atoms with Gasteiger partial charge in [-0.25, -0.2) is 4.98 Å². The number of halogens is 1. The zero-order valence-electron chi connectivity index (χ0n) is 10.7. The summed E-state index contributed by atoms with van der Waals surface area (Å²) in [6.07, 6.45) is 5.69. The Bertz CT molecular complexity index is 787. The Kier molecular flexibility index (Phi) is 2.33. The van der Waals surface area contributed by atoms with Crippen molar-refractivity contribution in [2.75, 3.05) is 0 Å². The summed E-state index contributed by atoms with van der Waals surface area (Å²) < 4.78 is 2.22. The predicted molar refractivity (Wildman–Crippen MR) is 77.6 cm³/mol. The Hall–Kier alpha value is -1.61. The van der Waals surface area contributed by atoms with Crippen LogP contribution < -0.4 is 0 Å². The molecule has 0 amide bonds. The van der Waals surface area contributed by atoms with E-state index in [1.165, 1.54) is 25.1 Å². The van der Waals surface area contributed by atoms with E-state index < -0.39 is 0 Å². The lowest BCUT2D eigenvalue weighted by Crippen LogP contribution is -2.13. The van der Waals surface area contributed by atoms with E-state index in [0.717, 1.165) is 27.0 Å². The Morgan fingerprint density at radius 1 is 1.26 bits per heavy atom. The molecule has 1 aliphatic rings. The van der Waals surface area contributed by atoms with Gasteiger partial charge in [-0.2, -0.15) is 0 Å². The van der Waals surface area contributed by atoms with Gasteiger partial charge in [0.2, 0.25) is 0 Å². The van der Waals surface area contributed by atoms with Gasteiger partial charge in [-0.05, 0) is 31.0 Å². The minimum Gasteiger partial charge on any atom is -0.330 e. The number of hydrogen-bond donors (Lipinski definition) is 0. The Balaban J connectivity index is 2.08. The Morgan fingerprint density at radius 2 is 2.11 bits per heavy atom. The summed E-state index contributed by atoms with van der Waals surface area (Å²) in [6, 6.07) is 5.83. The number of hydrogen-bond acceptors (Lipinski definition) is 2. The van der Waals surface area contributed by atoms with Crippen molar-refractivity contribution >= 4 is 33.5 Å². The van der Waals surface area contributed by atoms with E-state index in [-0.39, 0.29) is 0 Å². The first-order valence-electron chi connectivity index (χ1n) is 6.64. The lowest BCUT2D eigenvalue weighted by Gasteiger charge is -2.24. The SMILES string of the molecule is Cn1c(C2CCC2)nc2cnc3ccc(Cl)cc3c21. The standard InChI is InChI=1S/C15H14ClN3/c1-19-14-11-7-10(16)5-6-12(11)17-8-13(14)18-15(19)9-3-2-4-9/h5-9H,2-4H2,1H3. The van der Waals surface area contributed by atoms with E-state index in [9.17, 15) is 0 Å². The van der Waals surface area contributed by atoms with Crippen molar-refractivity contribution < 1.29 is 0 Å². The van der Waals surface area contributed by atoms with Crippen LogP contribution in [0.15, 0.2) is 24.4 Å². The molecule has 19 heavy (non-hydrogen) atoms. The molecule has 0 saturated heterocycles. The molecule has 4 rings (SSSR count). The average Bonchev–Trinajstić information content (AvgIpc) is 2.65. The second-order valence-electron chi connectivity index (χ2n) is 5.31. The van der Waals surface area contributed by atoms with Gasteiger partial charge in [-0.1, -0.05) is 18.0 Å². The highest BCUT2D eigenvalue weighted by Crippen LogP contribution is 2.37. The van der Waals surface area contributed by atoms with Crippen LogP contribution in [-0.4, -0.2) is 14.5 Å². The molecule has 0 radical (unpaired) electrons. The first-order chi connectivity index (χ1) is 9.24. The summed E-state index contributed by atoms with van der Waals surface area (Å²) in [4.78, 5) is 9.25. The zero-order valence-corrected chi connectivity index (χ0v) is 11.5. The number of imidazole rings is 1. The van der Waals surface area contributed by atoms with Crippen LogP contribution in [0.3, 0.4) is 0 Å². The fourth-order valence-electron chi connectivity index (χ4n) is 2.92. The second kappa shape index (κ2) is 3.94. The third-order valence-electron chi connectivity index (χ3n) is 4.17. The fraction of sp³-hybridized carbons (Fsp3) is 0.333. The molecular formula is C15H14ClN3. The molecule has 0 unspecified atom stereocenters. The number of nitrogens with zero attached hydrogens (tertiary/aromatic N) is 3. The number of aromatic nitrogens is 3. The monoisotopic (exact) mass is 271 g/mol. The maximum Gasteiger partial charge on any atom is 0.112 e. The molecule has 3 aromatic rings. The third-order valence-corrected chi connectivity index (χ3v) is 4.40. The highest BCUT2D eigenvalue weighted by Gasteiger charge is 2.25. The zero-order chi connectivity index (χ0) is 13.0. The largest absolute Gasteiger partial charge is 0.330 e. The van der Waals surface area contributed by atoms with Gasteiger partial charge in [-0.3, -0.25) is 4.98 Å². The number of fused-ring (bicyclic) bond motifs is 3. The summed E-state index contributed by atoms with van der Waals surface area (Å²) in [7, 11) is 2.10. The Morgan fingerprint density at radius 3 is 2.84 bits per heavy atom. The van der Waals surface area contributed by atoms with Gasteiger partial charge in [0.25, 0.3) is 0 Å². The van der Waals surface area contributed by atoms with Crippen LogP contribution >= 0.6 is 11.6 Å². The van der Waals surface area contributed by atoms with Crippen molar-refractivity contribution in [1.29, 1.82) is 0 Å². The van der Waals surface area contributed by atoms with Crippen LogP contribution in [-0.2, 0) is 7.05 Å².